The van der Waals surface area contributed by atoms with Gasteiger partial charge in [0.25, 0.3) is 0 Å². The molecule has 0 bridgehead atoms. The second-order valence-corrected chi connectivity index (χ2v) is 3.46. The predicted octanol–water partition coefficient (Wildman–Crippen LogP) is 2.88. The maximum absolute atomic E-state index is 5.81. The summed E-state index contributed by atoms with van der Waals surface area (Å²) in [6, 6.07) is 0. The highest BCUT2D eigenvalue weighted by atomic mass is 14.7. The van der Waals surface area contributed by atoms with Crippen LogP contribution in [0.3, 0.4) is 0 Å². The van der Waals surface area contributed by atoms with E-state index in [0.29, 0.717) is 5.92 Å². The van der Waals surface area contributed by atoms with Crippen LogP contribution in [0.25, 0.3) is 0 Å². The highest BCUT2D eigenvalue weighted by Crippen LogP contribution is 2.27. The van der Waals surface area contributed by atoms with Gasteiger partial charge in [-0.05, 0) is 36.8 Å². The SMILES string of the molecule is CCC(CC)c1cncc(N)c1C. The number of rotatable bonds is 3. The first-order valence-corrected chi connectivity index (χ1v) is 4.90. The molecule has 13 heavy (non-hydrogen) atoms. The monoisotopic (exact) mass is 178 g/mol. The topological polar surface area (TPSA) is 38.9 Å². The largest absolute Gasteiger partial charge is 0.397 e. The van der Waals surface area contributed by atoms with Gasteiger partial charge in [-0.15, -0.1) is 0 Å². The van der Waals surface area contributed by atoms with Gasteiger partial charge in [0.1, 0.15) is 0 Å². The molecule has 0 aliphatic carbocycles. The molecular weight excluding hydrogens is 160 g/mol. The lowest BCUT2D eigenvalue weighted by Gasteiger charge is -2.15. The molecule has 1 rings (SSSR count). The Morgan fingerprint density at radius 2 is 1.92 bits per heavy atom. The Balaban J connectivity index is 3.05. The molecule has 0 aromatic carbocycles. The number of nitrogen functional groups attached to an aromatic ring is 1. The molecule has 0 saturated heterocycles. The third kappa shape index (κ3) is 2.00. The number of pyridine rings is 1. The van der Waals surface area contributed by atoms with Crippen molar-refractivity contribution in [3.05, 3.63) is 23.5 Å². The van der Waals surface area contributed by atoms with E-state index >= 15 is 0 Å². The maximum atomic E-state index is 5.81. The molecule has 0 radical (unpaired) electrons. The summed E-state index contributed by atoms with van der Waals surface area (Å²) in [5, 5.41) is 0. The molecule has 2 N–H and O–H groups in total. The summed E-state index contributed by atoms with van der Waals surface area (Å²) in [6.07, 6.45) is 5.98. The highest BCUT2D eigenvalue weighted by molar-refractivity contribution is 5.48. The minimum absolute atomic E-state index is 0.607. The molecular formula is C11H18N2. The van der Waals surface area contributed by atoms with Gasteiger partial charge in [0, 0.05) is 6.20 Å². The summed E-state index contributed by atoms with van der Waals surface area (Å²) in [5.74, 6) is 0.607. The lowest BCUT2D eigenvalue weighted by atomic mass is 9.92. The number of aromatic nitrogens is 1. The Morgan fingerprint density at radius 1 is 1.31 bits per heavy atom. The van der Waals surface area contributed by atoms with E-state index in [1.54, 1.807) is 6.20 Å². The fraction of sp³-hybridized carbons (Fsp3) is 0.545. The number of hydrogen-bond acceptors (Lipinski definition) is 2. The van der Waals surface area contributed by atoms with Gasteiger partial charge in [0.15, 0.2) is 0 Å². The van der Waals surface area contributed by atoms with Crippen LogP contribution in [0.1, 0.15) is 43.7 Å². The van der Waals surface area contributed by atoms with Gasteiger partial charge in [-0.1, -0.05) is 13.8 Å². The van der Waals surface area contributed by atoms with Crippen molar-refractivity contribution >= 4 is 5.69 Å². The van der Waals surface area contributed by atoms with E-state index in [0.717, 1.165) is 18.5 Å². The molecule has 2 heteroatoms. The van der Waals surface area contributed by atoms with Crippen LogP contribution < -0.4 is 5.73 Å². The van der Waals surface area contributed by atoms with Crippen LogP contribution in [0, 0.1) is 6.92 Å². The summed E-state index contributed by atoms with van der Waals surface area (Å²) in [5.41, 5.74) is 9.12. The van der Waals surface area contributed by atoms with Crippen molar-refractivity contribution in [2.45, 2.75) is 39.5 Å². The Kier molecular flexibility index (Phi) is 3.29. The van der Waals surface area contributed by atoms with Gasteiger partial charge in [-0.2, -0.15) is 0 Å². The number of hydrogen-bond donors (Lipinski definition) is 1. The average molecular weight is 178 g/mol. The van der Waals surface area contributed by atoms with E-state index in [4.69, 9.17) is 5.73 Å². The zero-order valence-electron chi connectivity index (χ0n) is 8.67. The van der Waals surface area contributed by atoms with Crippen molar-refractivity contribution in [2.24, 2.45) is 0 Å². The van der Waals surface area contributed by atoms with Crippen molar-refractivity contribution in [2.75, 3.05) is 5.73 Å². The van der Waals surface area contributed by atoms with Crippen molar-refractivity contribution in [3.8, 4) is 0 Å². The van der Waals surface area contributed by atoms with Crippen LogP contribution in [0.5, 0.6) is 0 Å². The molecule has 1 aromatic rings. The third-order valence-electron chi connectivity index (χ3n) is 2.72. The van der Waals surface area contributed by atoms with E-state index in [2.05, 4.69) is 25.8 Å². The zero-order chi connectivity index (χ0) is 9.84. The van der Waals surface area contributed by atoms with Crippen molar-refractivity contribution < 1.29 is 0 Å². The molecule has 0 saturated carbocycles. The molecule has 0 amide bonds. The molecule has 0 aliphatic rings. The van der Waals surface area contributed by atoms with Crippen LogP contribution in [0.2, 0.25) is 0 Å². The third-order valence-corrected chi connectivity index (χ3v) is 2.72. The molecule has 0 atom stereocenters. The molecule has 1 aromatic heterocycles. The van der Waals surface area contributed by atoms with E-state index in [-0.39, 0.29) is 0 Å². The summed E-state index contributed by atoms with van der Waals surface area (Å²) >= 11 is 0. The number of anilines is 1. The molecule has 0 aliphatic heterocycles. The highest BCUT2D eigenvalue weighted by Gasteiger charge is 2.11. The fourth-order valence-electron chi connectivity index (χ4n) is 1.70. The summed E-state index contributed by atoms with van der Waals surface area (Å²) in [6.45, 7) is 6.48. The summed E-state index contributed by atoms with van der Waals surface area (Å²) in [7, 11) is 0. The van der Waals surface area contributed by atoms with E-state index in [1.807, 2.05) is 6.20 Å². The van der Waals surface area contributed by atoms with E-state index in [9.17, 15) is 0 Å². The number of nitrogens with two attached hydrogens (primary N) is 1. The first-order chi connectivity index (χ1) is 6.20. The summed E-state index contributed by atoms with van der Waals surface area (Å²) < 4.78 is 0. The van der Waals surface area contributed by atoms with Gasteiger partial charge in [0.05, 0.1) is 11.9 Å². The van der Waals surface area contributed by atoms with Gasteiger partial charge >= 0.3 is 0 Å². The van der Waals surface area contributed by atoms with E-state index in [1.165, 1.54) is 11.1 Å². The second kappa shape index (κ2) is 4.26. The minimum atomic E-state index is 0.607. The average Bonchev–Trinajstić information content (AvgIpc) is 2.14. The Bertz CT molecular complexity index is 277. The molecule has 0 fully saturated rings. The fourth-order valence-corrected chi connectivity index (χ4v) is 1.70. The van der Waals surface area contributed by atoms with Gasteiger partial charge in [-0.3, -0.25) is 4.98 Å². The van der Waals surface area contributed by atoms with Crippen LogP contribution in [0.15, 0.2) is 12.4 Å². The Hall–Kier alpha value is -1.05. The van der Waals surface area contributed by atoms with Crippen molar-refractivity contribution in [3.63, 3.8) is 0 Å². The number of nitrogens with zero attached hydrogens (tertiary/aromatic N) is 1. The Morgan fingerprint density at radius 3 is 2.46 bits per heavy atom. The smallest absolute Gasteiger partial charge is 0.0533 e. The molecule has 0 spiro atoms. The lowest BCUT2D eigenvalue weighted by molar-refractivity contribution is 0.636. The first kappa shape index (κ1) is 10.0. The normalized spacial score (nSPS) is 10.8. The molecule has 2 nitrogen and oxygen atoms in total. The van der Waals surface area contributed by atoms with Crippen molar-refractivity contribution in [1.82, 2.24) is 4.98 Å². The van der Waals surface area contributed by atoms with Gasteiger partial charge in [-0.25, -0.2) is 0 Å². The lowest BCUT2D eigenvalue weighted by Crippen LogP contribution is -2.02. The predicted molar refractivity (Wildman–Crippen MR) is 56.7 cm³/mol. The van der Waals surface area contributed by atoms with E-state index < -0.39 is 0 Å². The Labute approximate surface area is 80.2 Å². The van der Waals surface area contributed by atoms with Gasteiger partial charge in [0.2, 0.25) is 0 Å². The first-order valence-electron chi connectivity index (χ1n) is 4.90. The minimum Gasteiger partial charge on any atom is -0.397 e. The molecule has 1 heterocycles. The molecule has 0 unspecified atom stereocenters. The van der Waals surface area contributed by atoms with Crippen molar-refractivity contribution in [1.29, 1.82) is 0 Å². The zero-order valence-corrected chi connectivity index (χ0v) is 8.67. The standard InChI is InChI=1S/C11H18N2/c1-4-9(5-2)10-6-13-7-11(12)8(10)3/h6-7,9H,4-5,12H2,1-3H3. The van der Waals surface area contributed by atoms with Crippen LogP contribution in [-0.2, 0) is 0 Å². The summed E-state index contributed by atoms with van der Waals surface area (Å²) in [4.78, 5) is 4.14. The van der Waals surface area contributed by atoms with Crippen LogP contribution in [-0.4, -0.2) is 4.98 Å². The van der Waals surface area contributed by atoms with Gasteiger partial charge < -0.3 is 5.73 Å². The maximum Gasteiger partial charge on any atom is 0.0533 e. The van der Waals surface area contributed by atoms with Crippen LogP contribution >= 0.6 is 0 Å². The quantitative estimate of drug-likeness (QED) is 0.773. The second-order valence-electron chi connectivity index (χ2n) is 3.46. The van der Waals surface area contributed by atoms with Crippen LogP contribution in [0.4, 0.5) is 5.69 Å². The molecule has 72 valence electrons.